The molecule has 114 valence electrons. The number of likely N-dealkylation sites (tertiary alicyclic amines) is 1. The van der Waals surface area contributed by atoms with Crippen molar-refractivity contribution in [1.82, 2.24) is 14.7 Å². The van der Waals surface area contributed by atoms with Crippen LogP contribution in [0.3, 0.4) is 0 Å². The standard InChI is InChI=1S/C15H22N4O2/c1-5-7-19-9-11(8-13(19)20)15(21)16-14-12(6-2)10(3)17-18(14)4/h5,11H,1,6-9H2,2-4H3,(H,16,21). The maximum Gasteiger partial charge on any atom is 0.230 e. The van der Waals surface area contributed by atoms with Gasteiger partial charge in [0.25, 0.3) is 0 Å². The number of hydrogen-bond acceptors (Lipinski definition) is 3. The van der Waals surface area contributed by atoms with Crippen molar-refractivity contribution in [3.05, 3.63) is 23.9 Å². The first-order chi connectivity index (χ1) is 9.97. The van der Waals surface area contributed by atoms with Crippen LogP contribution in [0.15, 0.2) is 12.7 Å². The number of carbonyl (C=O) groups excluding carboxylic acids is 2. The highest BCUT2D eigenvalue weighted by Gasteiger charge is 2.34. The summed E-state index contributed by atoms with van der Waals surface area (Å²) >= 11 is 0. The van der Waals surface area contributed by atoms with Crippen molar-refractivity contribution >= 4 is 17.6 Å². The number of carbonyl (C=O) groups is 2. The van der Waals surface area contributed by atoms with E-state index in [9.17, 15) is 9.59 Å². The van der Waals surface area contributed by atoms with Crippen molar-refractivity contribution in [1.29, 1.82) is 0 Å². The molecule has 0 bridgehead atoms. The molecule has 1 saturated heterocycles. The molecule has 1 aliphatic heterocycles. The van der Waals surface area contributed by atoms with E-state index in [0.717, 1.165) is 23.5 Å². The van der Waals surface area contributed by atoms with Gasteiger partial charge in [0, 0.05) is 32.1 Å². The van der Waals surface area contributed by atoms with Crippen LogP contribution in [0.1, 0.15) is 24.6 Å². The van der Waals surface area contributed by atoms with Gasteiger partial charge in [0.1, 0.15) is 5.82 Å². The Bertz CT molecular complexity index is 576. The number of aryl methyl sites for hydroxylation is 2. The molecular formula is C15H22N4O2. The summed E-state index contributed by atoms with van der Waals surface area (Å²) in [5.74, 6) is 0.312. The lowest BCUT2D eigenvalue weighted by molar-refractivity contribution is -0.127. The summed E-state index contributed by atoms with van der Waals surface area (Å²) in [5.41, 5.74) is 1.96. The lowest BCUT2D eigenvalue weighted by Gasteiger charge is -2.14. The van der Waals surface area contributed by atoms with Crippen LogP contribution in [0.25, 0.3) is 0 Å². The Morgan fingerprint density at radius 2 is 2.29 bits per heavy atom. The lowest BCUT2D eigenvalue weighted by atomic mass is 10.1. The summed E-state index contributed by atoms with van der Waals surface area (Å²) < 4.78 is 1.68. The Morgan fingerprint density at radius 3 is 2.90 bits per heavy atom. The smallest absolute Gasteiger partial charge is 0.230 e. The summed E-state index contributed by atoms with van der Waals surface area (Å²) in [7, 11) is 1.81. The van der Waals surface area contributed by atoms with Gasteiger partial charge in [0.2, 0.25) is 11.8 Å². The first-order valence-corrected chi connectivity index (χ1v) is 7.19. The molecule has 1 aliphatic rings. The monoisotopic (exact) mass is 290 g/mol. The Morgan fingerprint density at radius 1 is 1.57 bits per heavy atom. The zero-order valence-electron chi connectivity index (χ0n) is 12.8. The zero-order valence-corrected chi connectivity index (χ0v) is 12.8. The van der Waals surface area contributed by atoms with E-state index >= 15 is 0 Å². The van der Waals surface area contributed by atoms with E-state index in [1.165, 1.54) is 0 Å². The molecule has 1 atom stereocenters. The second kappa shape index (κ2) is 6.11. The number of anilines is 1. The van der Waals surface area contributed by atoms with Gasteiger partial charge in [-0.1, -0.05) is 13.0 Å². The van der Waals surface area contributed by atoms with Crippen molar-refractivity contribution in [3.8, 4) is 0 Å². The minimum absolute atomic E-state index is 0.00644. The van der Waals surface area contributed by atoms with Crippen LogP contribution < -0.4 is 5.32 Å². The molecule has 1 unspecified atom stereocenters. The van der Waals surface area contributed by atoms with Gasteiger partial charge in [0.05, 0.1) is 11.6 Å². The Labute approximate surface area is 124 Å². The summed E-state index contributed by atoms with van der Waals surface area (Å²) in [6, 6.07) is 0. The van der Waals surface area contributed by atoms with Gasteiger partial charge < -0.3 is 10.2 Å². The highest BCUT2D eigenvalue weighted by Crippen LogP contribution is 2.23. The molecular weight excluding hydrogens is 268 g/mol. The molecule has 2 heterocycles. The summed E-state index contributed by atoms with van der Waals surface area (Å²) in [6.07, 6.45) is 2.75. The van der Waals surface area contributed by atoms with Gasteiger partial charge in [0.15, 0.2) is 0 Å². The minimum Gasteiger partial charge on any atom is -0.338 e. The SMILES string of the molecule is C=CCN1CC(C(=O)Nc2c(CC)c(C)nn2C)CC1=O. The fourth-order valence-corrected chi connectivity index (χ4v) is 2.78. The second-order valence-corrected chi connectivity index (χ2v) is 5.37. The first-order valence-electron chi connectivity index (χ1n) is 7.19. The van der Waals surface area contributed by atoms with Crippen LogP contribution in [0.5, 0.6) is 0 Å². The van der Waals surface area contributed by atoms with Gasteiger partial charge in [-0.25, -0.2) is 0 Å². The van der Waals surface area contributed by atoms with Crippen LogP contribution in [0.4, 0.5) is 5.82 Å². The molecule has 1 fully saturated rings. The molecule has 0 spiro atoms. The zero-order chi connectivity index (χ0) is 15.6. The molecule has 6 heteroatoms. The molecule has 1 aromatic heterocycles. The van der Waals surface area contributed by atoms with Crippen molar-refractivity contribution in [3.63, 3.8) is 0 Å². The Hall–Kier alpha value is -2.11. The number of nitrogens with one attached hydrogen (secondary N) is 1. The van der Waals surface area contributed by atoms with Crippen LogP contribution >= 0.6 is 0 Å². The minimum atomic E-state index is -0.308. The third-order valence-electron chi connectivity index (χ3n) is 3.88. The van der Waals surface area contributed by atoms with E-state index in [0.29, 0.717) is 13.1 Å². The van der Waals surface area contributed by atoms with Gasteiger partial charge >= 0.3 is 0 Å². The lowest BCUT2D eigenvalue weighted by Crippen LogP contribution is -2.29. The third-order valence-corrected chi connectivity index (χ3v) is 3.88. The number of aromatic nitrogens is 2. The van der Waals surface area contributed by atoms with Gasteiger partial charge in [-0.15, -0.1) is 6.58 Å². The first kappa shape index (κ1) is 15.3. The predicted octanol–water partition coefficient (Wildman–Crippen LogP) is 1.26. The number of hydrogen-bond donors (Lipinski definition) is 1. The largest absolute Gasteiger partial charge is 0.338 e. The molecule has 1 aromatic rings. The number of nitrogens with zero attached hydrogens (tertiary/aromatic N) is 3. The highest BCUT2D eigenvalue weighted by atomic mass is 16.2. The average molecular weight is 290 g/mol. The van der Waals surface area contributed by atoms with Crippen LogP contribution in [-0.4, -0.2) is 39.6 Å². The van der Waals surface area contributed by atoms with Crippen molar-refractivity contribution in [2.24, 2.45) is 13.0 Å². The van der Waals surface area contributed by atoms with E-state index < -0.39 is 0 Å². The normalized spacial score (nSPS) is 18.1. The summed E-state index contributed by atoms with van der Waals surface area (Å²) in [4.78, 5) is 25.8. The predicted molar refractivity (Wildman–Crippen MR) is 80.8 cm³/mol. The van der Waals surface area contributed by atoms with E-state index in [1.807, 2.05) is 20.9 Å². The quantitative estimate of drug-likeness (QED) is 0.830. The second-order valence-electron chi connectivity index (χ2n) is 5.37. The number of rotatable bonds is 5. The van der Waals surface area contributed by atoms with E-state index in [2.05, 4.69) is 17.0 Å². The molecule has 0 saturated carbocycles. The summed E-state index contributed by atoms with van der Waals surface area (Å²) in [5, 5.41) is 7.26. The van der Waals surface area contributed by atoms with Crippen molar-refractivity contribution in [2.45, 2.75) is 26.7 Å². The Balaban J connectivity index is 2.09. The van der Waals surface area contributed by atoms with E-state index in [1.54, 1.807) is 15.7 Å². The van der Waals surface area contributed by atoms with E-state index in [-0.39, 0.29) is 24.2 Å². The van der Waals surface area contributed by atoms with Crippen LogP contribution in [0.2, 0.25) is 0 Å². The van der Waals surface area contributed by atoms with Crippen molar-refractivity contribution in [2.75, 3.05) is 18.4 Å². The maximum atomic E-state index is 12.4. The molecule has 0 aliphatic carbocycles. The van der Waals surface area contributed by atoms with Crippen LogP contribution in [0, 0.1) is 12.8 Å². The molecule has 6 nitrogen and oxygen atoms in total. The van der Waals surface area contributed by atoms with Crippen molar-refractivity contribution < 1.29 is 9.59 Å². The fourth-order valence-electron chi connectivity index (χ4n) is 2.78. The topological polar surface area (TPSA) is 67.2 Å². The molecule has 0 aromatic carbocycles. The van der Waals surface area contributed by atoms with Gasteiger partial charge in [-0.3, -0.25) is 14.3 Å². The Kier molecular flexibility index (Phi) is 4.45. The van der Waals surface area contributed by atoms with Crippen LogP contribution in [-0.2, 0) is 23.1 Å². The molecule has 0 radical (unpaired) electrons. The van der Waals surface area contributed by atoms with E-state index in [4.69, 9.17) is 0 Å². The highest BCUT2D eigenvalue weighted by molar-refractivity contribution is 5.97. The molecule has 2 amide bonds. The molecule has 1 N–H and O–H groups in total. The fraction of sp³-hybridized carbons (Fsp3) is 0.533. The summed E-state index contributed by atoms with van der Waals surface area (Å²) in [6.45, 7) is 8.54. The van der Waals surface area contributed by atoms with Gasteiger partial charge in [-0.2, -0.15) is 5.10 Å². The molecule has 21 heavy (non-hydrogen) atoms. The average Bonchev–Trinajstić information content (AvgIpc) is 2.92. The maximum absolute atomic E-state index is 12.4. The number of amides is 2. The third kappa shape index (κ3) is 2.99. The van der Waals surface area contributed by atoms with Gasteiger partial charge in [-0.05, 0) is 13.3 Å². The molecule has 2 rings (SSSR count).